The number of aryl methyl sites for hydroxylation is 1. The van der Waals surface area contributed by atoms with Gasteiger partial charge in [-0.05, 0) is 135 Å². The largest absolute Gasteiger partial charge is 0.309 e. The average molecular weight is 817 g/mol. The van der Waals surface area contributed by atoms with Gasteiger partial charge in [-0.25, -0.2) is 0 Å². The van der Waals surface area contributed by atoms with E-state index in [9.17, 15) is 0 Å². The van der Waals surface area contributed by atoms with Crippen LogP contribution in [-0.2, 0) is 6.42 Å². The molecular formula is C62H44N2. The van der Waals surface area contributed by atoms with Gasteiger partial charge in [0.25, 0.3) is 0 Å². The Morgan fingerprint density at radius 3 is 1.52 bits per heavy atom. The van der Waals surface area contributed by atoms with Crippen molar-refractivity contribution in [1.82, 2.24) is 9.13 Å². The maximum absolute atomic E-state index is 2.41. The number of hydrogen-bond donors (Lipinski definition) is 0. The van der Waals surface area contributed by atoms with Crippen LogP contribution in [0.15, 0.2) is 237 Å². The monoisotopic (exact) mass is 816 g/mol. The van der Waals surface area contributed by atoms with Crippen molar-refractivity contribution in [3.8, 4) is 55.9 Å². The molecule has 0 N–H and O–H groups in total. The molecule has 0 saturated carbocycles. The quantitative estimate of drug-likeness (QED) is 0.145. The van der Waals surface area contributed by atoms with Crippen molar-refractivity contribution in [2.24, 2.45) is 0 Å². The average Bonchev–Trinajstić information content (AvgIpc) is 3.87. The second-order valence-electron chi connectivity index (χ2n) is 17.0. The van der Waals surface area contributed by atoms with Crippen molar-refractivity contribution >= 4 is 43.6 Å². The Bertz CT molecular complexity index is 3640. The van der Waals surface area contributed by atoms with Gasteiger partial charge in [-0.15, -0.1) is 0 Å². The van der Waals surface area contributed by atoms with E-state index in [2.05, 4.69) is 253 Å². The summed E-state index contributed by atoms with van der Waals surface area (Å²) in [6.45, 7) is 2.22. The molecule has 0 spiro atoms. The van der Waals surface area contributed by atoms with Crippen LogP contribution in [0.5, 0.6) is 0 Å². The molecule has 0 atom stereocenters. The second-order valence-corrected chi connectivity index (χ2v) is 17.0. The van der Waals surface area contributed by atoms with Gasteiger partial charge in [-0.3, -0.25) is 0 Å². The zero-order valence-electron chi connectivity index (χ0n) is 35.6. The van der Waals surface area contributed by atoms with Gasteiger partial charge < -0.3 is 9.13 Å². The summed E-state index contributed by atoms with van der Waals surface area (Å²) in [6.07, 6.45) is 0.819. The molecule has 12 rings (SSSR count). The smallest absolute Gasteiger partial charge is 0.0541 e. The minimum Gasteiger partial charge on any atom is -0.309 e. The molecule has 12 aromatic rings. The van der Waals surface area contributed by atoms with E-state index >= 15 is 0 Å². The Morgan fingerprint density at radius 1 is 0.297 bits per heavy atom. The molecule has 2 heterocycles. The fraction of sp³-hybridized carbons (Fsp3) is 0.0323. The minimum atomic E-state index is 0.819. The van der Waals surface area contributed by atoms with Gasteiger partial charge in [0.2, 0.25) is 0 Å². The van der Waals surface area contributed by atoms with Gasteiger partial charge in [-0.2, -0.15) is 0 Å². The molecule has 0 aliphatic rings. The lowest BCUT2D eigenvalue weighted by Gasteiger charge is -2.16. The standard InChI is InChI=1S/C62H44N2/c1-42-15-5-6-22-53(42)57-40-48(47-20-14-21-52(39-47)64-59-26-10-7-23-54(59)55-24-8-11-27-60(55)64)29-30-50(57)38-43-16-13-19-46(37-43)49-33-36-62-58(41-49)56-25-9-12-28-61(56)63(62)51-34-31-45(32-35-51)44-17-3-2-4-18-44/h2-37,39-41H,38H2,1H3. The first-order valence-electron chi connectivity index (χ1n) is 22.2. The molecule has 64 heavy (non-hydrogen) atoms. The maximum atomic E-state index is 2.41. The highest BCUT2D eigenvalue weighted by Crippen LogP contribution is 2.38. The Labute approximate surface area is 373 Å². The predicted molar refractivity (Wildman–Crippen MR) is 271 cm³/mol. The third-order valence-electron chi connectivity index (χ3n) is 13.1. The lowest BCUT2D eigenvalue weighted by atomic mass is 9.89. The molecule has 0 bridgehead atoms. The number of hydrogen-bond acceptors (Lipinski definition) is 0. The number of nitrogens with zero attached hydrogens (tertiary/aromatic N) is 2. The topological polar surface area (TPSA) is 9.86 Å². The first kappa shape index (κ1) is 37.6. The van der Waals surface area contributed by atoms with Crippen molar-refractivity contribution in [2.75, 3.05) is 0 Å². The van der Waals surface area contributed by atoms with Crippen molar-refractivity contribution in [3.63, 3.8) is 0 Å². The van der Waals surface area contributed by atoms with E-state index in [1.54, 1.807) is 0 Å². The highest BCUT2D eigenvalue weighted by molar-refractivity contribution is 6.11. The zero-order chi connectivity index (χ0) is 42.6. The van der Waals surface area contributed by atoms with E-state index in [0.29, 0.717) is 0 Å². The molecule has 0 unspecified atom stereocenters. The molecule has 0 amide bonds. The van der Waals surface area contributed by atoms with E-state index in [-0.39, 0.29) is 0 Å². The Hall–Kier alpha value is -8.20. The zero-order valence-corrected chi connectivity index (χ0v) is 35.6. The highest BCUT2D eigenvalue weighted by atomic mass is 15.0. The lowest BCUT2D eigenvalue weighted by molar-refractivity contribution is 1.18. The maximum Gasteiger partial charge on any atom is 0.0541 e. The van der Waals surface area contributed by atoms with E-state index in [0.717, 1.165) is 17.8 Å². The molecule has 2 nitrogen and oxygen atoms in total. The summed E-state index contributed by atoms with van der Waals surface area (Å²) in [7, 11) is 0. The fourth-order valence-electron chi connectivity index (χ4n) is 10.0. The van der Waals surface area contributed by atoms with Crippen LogP contribution < -0.4 is 0 Å². The molecule has 0 saturated heterocycles. The van der Waals surface area contributed by atoms with Crippen LogP contribution in [0.1, 0.15) is 16.7 Å². The van der Waals surface area contributed by atoms with Gasteiger partial charge in [-0.1, -0.05) is 176 Å². The van der Waals surface area contributed by atoms with E-state index < -0.39 is 0 Å². The first-order valence-corrected chi connectivity index (χ1v) is 22.2. The molecule has 10 aromatic carbocycles. The molecule has 302 valence electrons. The lowest BCUT2D eigenvalue weighted by Crippen LogP contribution is -1.97. The van der Waals surface area contributed by atoms with Crippen LogP contribution in [0.25, 0.3) is 99.5 Å². The van der Waals surface area contributed by atoms with Crippen molar-refractivity contribution in [3.05, 3.63) is 253 Å². The van der Waals surface area contributed by atoms with Crippen LogP contribution in [0, 0.1) is 6.92 Å². The second kappa shape index (κ2) is 15.6. The summed E-state index contributed by atoms with van der Waals surface area (Å²) in [6, 6.07) is 86.7. The summed E-state index contributed by atoms with van der Waals surface area (Å²) in [5.41, 5.74) is 20.9. The summed E-state index contributed by atoms with van der Waals surface area (Å²) in [5, 5.41) is 5.05. The predicted octanol–water partition coefficient (Wildman–Crippen LogP) is 16.4. The molecule has 2 heteroatoms. The molecule has 0 radical (unpaired) electrons. The van der Waals surface area contributed by atoms with Gasteiger partial charge in [0.15, 0.2) is 0 Å². The Morgan fingerprint density at radius 2 is 0.797 bits per heavy atom. The molecule has 0 aliphatic heterocycles. The Kier molecular flexibility index (Phi) is 9.16. The van der Waals surface area contributed by atoms with Gasteiger partial charge in [0.05, 0.1) is 22.1 Å². The Balaban J connectivity index is 0.902. The summed E-state index contributed by atoms with van der Waals surface area (Å²) < 4.78 is 4.80. The highest BCUT2D eigenvalue weighted by Gasteiger charge is 2.17. The van der Waals surface area contributed by atoms with Crippen LogP contribution in [0.2, 0.25) is 0 Å². The van der Waals surface area contributed by atoms with Crippen LogP contribution in [-0.4, -0.2) is 9.13 Å². The number of aromatic nitrogens is 2. The van der Waals surface area contributed by atoms with Crippen molar-refractivity contribution < 1.29 is 0 Å². The third kappa shape index (κ3) is 6.51. The van der Waals surface area contributed by atoms with Crippen molar-refractivity contribution in [1.29, 1.82) is 0 Å². The number of para-hydroxylation sites is 3. The van der Waals surface area contributed by atoms with Crippen LogP contribution in [0.3, 0.4) is 0 Å². The van der Waals surface area contributed by atoms with E-state index in [1.165, 1.54) is 105 Å². The first-order chi connectivity index (χ1) is 31.6. The number of rotatable bonds is 8. The van der Waals surface area contributed by atoms with Gasteiger partial charge >= 0.3 is 0 Å². The molecular weight excluding hydrogens is 773 g/mol. The van der Waals surface area contributed by atoms with E-state index in [1.807, 2.05) is 0 Å². The minimum absolute atomic E-state index is 0.819. The van der Waals surface area contributed by atoms with Gasteiger partial charge in [0.1, 0.15) is 0 Å². The summed E-state index contributed by atoms with van der Waals surface area (Å²) in [5.74, 6) is 0. The number of fused-ring (bicyclic) bond motifs is 6. The molecule has 2 aromatic heterocycles. The van der Waals surface area contributed by atoms with Crippen LogP contribution in [0.4, 0.5) is 0 Å². The normalized spacial score (nSPS) is 11.6. The SMILES string of the molecule is Cc1ccccc1-c1cc(-c2cccc(-n3c4ccccc4c4ccccc43)c2)ccc1Cc1cccc(-c2ccc3c(c2)c2ccccc2n3-c2ccc(-c3ccccc3)cc2)c1. The van der Waals surface area contributed by atoms with Crippen molar-refractivity contribution in [2.45, 2.75) is 13.3 Å². The molecule has 0 fully saturated rings. The third-order valence-corrected chi connectivity index (χ3v) is 13.1. The molecule has 0 aliphatic carbocycles. The van der Waals surface area contributed by atoms with Gasteiger partial charge in [0, 0.05) is 32.9 Å². The van der Waals surface area contributed by atoms with Crippen LogP contribution >= 0.6 is 0 Å². The number of benzene rings is 10. The summed E-state index contributed by atoms with van der Waals surface area (Å²) in [4.78, 5) is 0. The van der Waals surface area contributed by atoms with E-state index in [4.69, 9.17) is 0 Å². The summed E-state index contributed by atoms with van der Waals surface area (Å²) >= 11 is 0. The fourth-order valence-corrected chi connectivity index (χ4v) is 10.0.